The van der Waals surface area contributed by atoms with E-state index >= 15 is 0 Å². The van der Waals surface area contributed by atoms with Crippen LogP contribution < -0.4 is 0 Å². The quantitative estimate of drug-likeness (QED) is 0.813. The highest BCUT2D eigenvalue weighted by Crippen LogP contribution is 2.28. The molecule has 0 spiro atoms. The van der Waals surface area contributed by atoms with E-state index in [4.69, 9.17) is 11.6 Å². The Hall–Kier alpha value is -1.26. The predicted molar refractivity (Wildman–Crippen MR) is 55.1 cm³/mol. The van der Waals surface area contributed by atoms with Crippen LogP contribution in [0.2, 0.25) is 5.02 Å². The molecular formula is C10H8ClFN2O. The summed E-state index contributed by atoms with van der Waals surface area (Å²) in [6.45, 7) is 1.53. The topological polar surface area (TPSA) is 46.0 Å². The summed E-state index contributed by atoms with van der Waals surface area (Å²) in [7, 11) is 0. The zero-order valence-corrected chi connectivity index (χ0v) is 8.66. The summed E-state index contributed by atoms with van der Waals surface area (Å²) in [6, 6.07) is 4.06. The van der Waals surface area contributed by atoms with Gasteiger partial charge in [-0.05, 0) is 25.1 Å². The van der Waals surface area contributed by atoms with Crippen molar-refractivity contribution in [2.75, 3.05) is 0 Å². The second-order valence-corrected chi connectivity index (χ2v) is 3.61. The first kappa shape index (κ1) is 10.3. The third-order valence-corrected chi connectivity index (χ3v) is 2.48. The largest absolute Gasteiger partial charge is 0.387 e. The number of nitrogens with zero attached hydrogens (tertiary/aromatic N) is 2. The molecule has 0 saturated carbocycles. The van der Waals surface area contributed by atoms with Gasteiger partial charge in [0, 0.05) is 5.39 Å². The molecule has 0 aliphatic carbocycles. The number of hydrogen-bond donors (Lipinski definition) is 1. The average molecular weight is 227 g/mol. The number of aliphatic hydroxyl groups is 1. The van der Waals surface area contributed by atoms with E-state index in [0.717, 1.165) is 0 Å². The molecule has 15 heavy (non-hydrogen) atoms. The van der Waals surface area contributed by atoms with E-state index in [-0.39, 0.29) is 10.7 Å². The number of aliphatic hydroxyl groups excluding tert-OH is 1. The van der Waals surface area contributed by atoms with E-state index in [1.807, 2.05) is 0 Å². The van der Waals surface area contributed by atoms with Crippen LogP contribution in [0.15, 0.2) is 18.2 Å². The van der Waals surface area contributed by atoms with E-state index in [1.54, 1.807) is 0 Å². The summed E-state index contributed by atoms with van der Waals surface area (Å²) in [5.41, 5.74) is 0.764. The Morgan fingerprint density at radius 1 is 1.40 bits per heavy atom. The van der Waals surface area contributed by atoms with Gasteiger partial charge >= 0.3 is 0 Å². The maximum Gasteiger partial charge on any atom is 0.124 e. The first-order valence-corrected chi connectivity index (χ1v) is 4.77. The molecule has 2 rings (SSSR count). The lowest BCUT2D eigenvalue weighted by atomic mass is 10.1. The van der Waals surface area contributed by atoms with Crippen LogP contribution in [0.25, 0.3) is 10.9 Å². The summed E-state index contributed by atoms with van der Waals surface area (Å²) in [5, 5.41) is 17.7. The molecule has 1 heterocycles. The molecule has 3 nitrogen and oxygen atoms in total. The van der Waals surface area contributed by atoms with Crippen LogP contribution in [0.1, 0.15) is 18.7 Å². The molecule has 1 N–H and O–H groups in total. The highest BCUT2D eigenvalue weighted by atomic mass is 35.5. The van der Waals surface area contributed by atoms with Crippen molar-refractivity contribution < 1.29 is 9.50 Å². The molecule has 0 bridgehead atoms. The minimum absolute atomic E-state index is 0.245. The zero-order chi connectivity index (χ0) is 11.0. The number of halogens is 2. The lowest BCUT2D eigenvalue weighted by Crippen LogP contribution is -2.00. The number of fused-ring (bicyclic) bond motifs is 1. The first-order valence-electron chi connectivity index (χ1n) is 4.39. The van der Waals surface area contributed by atoms with Gasteiger partial charge in [-0.15, -0.1) is 0 Å². The molecule has 0 amide bonds. The highest BCUT2D eigenvalue weighted by molar-refractivity contribution is 6.35. The molecule has 0 radical (unpaired) electrons. The minimum atomic E-state index is -0.822. The van der Waals surface area contributed by atoms with Crippen molar-refractivity contribution >= 4 is 22.5 Å². The Morgan fingerprint density at radius 3 is 2.80 bits per heavy atom. The third kappa shape index (κ3) is 1.78. The molecule has 5 heteroatoms. The van der Waals surface area contributed by atoms with Crippen molar-refractivity contribution in [3.05, 3.63) is 34.7 Å². The maximum absolute atomic E-state index is 13.0. The van der Waals surface area contributed by atoms with E-state index in [1.165, 1.54) is 25.1 Å². The zero-order valence-electron chi connectivity index (χ0n) is 7.91. The molecule has 1 atom stereocenters. The molecule has 1 unspecified atom stereocenters. The van der Waals surface area contributed by atoms with Crippen LogP contribution in [0.5, 0.6) is 0 Å². The van der Waals surface area contributed by atoms with Crippen molar-refractivity contribution in [2.24, 2.45) is 0 Å². The van der Waals surface area contributed by atoms with E-state index < -0.39 is 11.9 Å². The lowest BCUT2D eigenvalue weighted by molar-refractivity contribution is 0.193. The molecule has 1 aromatic heterocycles. The minimum Gasteiger partial charge on any atom is -0.387 e. The monoisotopic (exact) mass is 226 g/mol. The van der Waals surface area contributed by atoms with Gasteiger partial charge in [-0.25, -0.2) is 4.39 Å². The van der Waals surface area contributed by atoms with Gasteiger partial charge in [-0.3, -0.25) is 0 Å². The van der Waals surface area contributed by atoms with Crippen LogP contribution in [0.4, 0.5) is 4.39 Å². The molecule has 1 aromatic carbocycles. The smallest absolute Gasteiger partial charge is 0.124 e. The second kappa shape index (κ2) is 3.72. The average Bonchev–Trinajstić information content (AvgIpc) is 2.19. The van der Waals surface area contributed by atoms with Gasteiger partial charge in [0.25, 0.3) is 0 Å². The van der Waals surface area contributed by atoms with Crippen molar-refractivity contribution in [3.63, 3.8) is 0 Å². The van der Waals surface area contributed by atoms with Gasteiger partial charge in [-0.1, -0.05) is 11.6 Å². The summed E-state index contributed by atoms with van der Waals surface area (Å²) in [6.07, 6.45) is -0.822. The SMILES string of the molecule is CC(O)c1nnc2ccc(F)cc2c1Cl. The molecule has 0 saturated heterocycles. The molecule has 0 aliphatic rings. The lowest BCUT2D eigenvalue weighted by Gasteiger charge is -2.07. The van der Waals surface area contributed by atoms with E-state index in [2.05, 4.69) is 10.2 Å². The molecule has 78 valence electrons. The van der Waals surface area contributed by atoms with Gasteiger partial charge in [0.1, 0.15) is 11.5 Å². The Balaban J connectivity index is 2.77. The van der Waals surface area contributed by atoms with Gasteiger partial charge in [-0.2, -0.15) is 10.2 Å². The summed E-state index contributed by atoms with van der Waals surface area (Å²) < 4.78 is 13.0. The second-order valence-electron chi connectivity index (χ2n) is 3.24. The van der Waals surface area contributed by atoms with Crippen LogP contribution in [0.3, 0.4) is 0 Å². The Kier molecular flexibility index (Phi) is 2.54. The number of benzene rings is 1. The van der Waals surface area contributed by atoms with E-state index in [0.29, 0.717) is 10.9 Å². The van der Waals surface area contributed by atoms with Crippen LogP contribution in [-0.2, 0) is 0 Å². The standard InChI is InChI=1S/C10H8ClFN2O/c1-5(15)10-9(11)7-4-6(12)2-3-8(7)13-14-10/h2-5,15H,1H3. The van der Waals surface area contributed by atoms with Gasteiger partial charge < -0.3 is 5.11 Å². The number of rotatable bonds is 1. The fourth-order valence-corrected chi connectivity index (χ4v) is 1.67. The fraction of sp³-hybridized carbons (Fsp3) is 0.200. The highest BCUT2D eigenvalue weighted by Gasteiger charge is 2.13. The molecule has 2 aromatic rings. The van der Waals surface area contributed by atoms with Gasteiger partial charge in [0.2, 0.25) is 0 Å². The predicted octanol–water partition coefficient (Wildman–Crippen LogP) is 2.48. The first-order chi connectivity index (χ1) is 7.09. The van der Waals surface area contributed by atoms with Crippen molar-refractivity contribution in [1.82, 2.24) is 10.2 Å². The maximum atomic E-state index is 13.0. The molecule has 0 aliphatic heterocycles. The molecule has 0 fully saturated rings. The van der Waals surface area contributed by atoms with Crippen LogP contribution in [0, 0.1) is 5.82 Å². The summed E-state index contributed by atoms with van der Waals surface area (Å²) in [4.78, 5) is 0. The van der Waals surface area contributed by atoms with Gasteiger partial charge in [0.15, 0.2) is 0 Å². The summed E-state index contributed by atoms with van der Waals surface area (Å²) >= 11 is 5.98. The fourth-order valence-electron chi connectivity index (χ4n) is 1.33. The summed E-state index contributed by atoms with van der Waals surface area (Å²) in [5.74, 6) is -0.394. The number of aromatic nitrogens is 2. The van der Waals surface area contributed by atoms with Crippen molar-refractivity contribution in [3.8, 4) is 0 Å². The third-order valence-electron chi connectivity index (χ3n) is 2.08. The van der Waals surface area contributed by atoms with Crippen LogP contribution >= 0.6 is 11.6 Å². The Morgan fingerprint density at radius 2 is 2.13 bits per heavy atom. The Labute approximate surface area is 90.5 Å². The van der Waals surface area contributed by atoms with E-state index in [9.17, 15) is 9.50 Å². The molecular weight excluding hydrogens is 219 g/mol. The van der Waals surface area contributed by atoms with Crippen molar-refractivity contribution in [1.29, 1.82) is 0 Å². The Bertz CT molecular complexity index is 516. The van der Waals surface area contributed by atoms with Gasteiger partial charge in [0.05, 0.1) is 16.6 Å². The van der Waals surface area contributed by atoms with Crippen molar-refractivity contribution in [2.45, 2.75) is 13.0 Å². The number of hydrogen-bond acceptors (Lipinski definition) is 3. The normalized spacial score (nSPS) is 13.1. The van der Waals surface area contributed by atoms with Crippen LogP contribution in [-0.4, -0.2) is 15.3 Å².